The lowest BCUT2D eigenvalue weighted by atomic mass is 10.1. The number of anilines is 1. The summed E-state index contributed by atoms with van der Waals surface area (Å²) in [6.45, 7) is 5.00. The number of para-hydroxylation sites is 1. The molecule has 9 heteroatoms. The third-order valence-corrected chi connectivity index (χ3v) is 8.37. The number of aryl methyl sites for hydroxylation is 2. The first-order valence-corrected chi connectivity index (χ1v) is 14.0. The first kappa shape index (κ1) is 25.5. The summed E-state index contributed by atoms with van der Waals surface area (Å²) in [7, 11) is -7.33. The van der Waals surface area contributed by atoms with Gasteiger partial charge in [-0.3, -0.25) is 9.10 Å². The van der Waals surface area contributed by atoms with Crippen LogP contribution in [-0.4, -0.2) is 35.5 Å². The Morgan fingerprint density at radius 3 is 1.97 bits per heavy atom. The first-order valence-electron chi connectivity index (χ1n) is 10.6. The first-order chi connectivity index (χ1) is 15.9. The van der Waals surface area contributed by atoms with E-state index in [-0.39, 0.29) is 9.79 Å². The van der Waals surface area contributed by atoms with Crippen molar-refractivity contribution >= 4 is 31.5 Å². The largest absolute Gasteiger partial charge is 0.348 e. The average molecular weight is 501 g/mol. The third-order valence-electron chi connectivity index (χ3n) is 5.47. The molecule has 0 spiro atoms. The summed E-state index contributed by atoms with van der Waals surface area (Å²) in [5.74, 6) is -0.487. The van der Waals surface area contributed by atoms with Gasteiger partial charge in [0.1, 0.15) is 6.54 Å². The van der Waals surface area contributed by atoms with Crippen molar-refractivity contribution in [3.05, 3.63) is 89.5 Å². The molecule has 3 rings (SSSR count). The van der Waals surface area contributed by atoms with Crippen LogP contribution in [0.15, 0.2) is 82.6 Å². The highest BCUT2D eigenvalue weighted by Crippen LogP contribution is 2.27. The number of nitrogens with one attached hydrogen (secondary N) is 1. The van der Waals surface area contributed by atoms with Gasteiger partial charge in [-0.1, -0.05) is 48.0 Å². The second kappa shape index (κ2) is 9.99. The molecule has 180 valence electrons. The van der Waals surface area contributed by atoms with Crippen molar-refractivity contribution in [1.82, 2.24) is 5.32 Å². The summed E-state index contributed by atoms with van der Waals surface area (Å²) in [6, 6.07) is 19.2. The van der Waals surface area contributed by atoms with Crippen LogP contribution in [0.25, 0.3) is 0 Å². The summed E-state index contributed by atoms with van der Waals surface area (Å²) in [5, 5.41) is 2.81. The highest BCUT2D eigenvalue weighted by atomic mass is 32.2. The van der Waals surface area contributed by atoms with Crippen LogP contribution >= 0.6 is 0 Å². The molecule has 0 saturated carbocycles. The highest BCUT2D eigenvalue weighted by molar-refractivity contribution is 7.93. The highest BCUT2D eigenvalue weighted by Gasteiger charge is 2.28. The molecule has 3 aromatic rings. The Hall–Kier alpha value is -3.17. The van der Waals surface area contributed by atoms with E-state index in [9.17, 15) is 21.6 Å². The molecule has 0 saturated heterocycles. The maximum Gasteiger partial charge on any atom is 0.264 e. The van der Waals surface area contributed by atoms with Crippen LogP contribution in [0.1, 0.15) is 29.7 Å². The van der Waals surface area contributed by atoms with E-state index in [4.69, 9.17) is 0 Å². The van der Waals surface area contributed by atoms with E-state index in [1.165, 1.54) is 24.3 Å². The third kappa shape index (κ3) is 5.84. The van der Waals surface area contributed by atoms with Gasteiger partial charge in [-0.15, -0.1) is 0 Å². The fraction of sp³-hybridized carbons (Fsp3) is 0.240. The SMILES string of the molecule is Cc1ccc(S(=O)(=O)N(CC(=O)N[C@H](C)c2ccc(S(C)(=O)=O)cc2)c2ccccc2C)cc1. The maximum atomic E-state index is 13.5. The average Bonchev–Trinajstić information content (AvgIpc) is 2.78. The number of hydrogen-bond donors (Lipinski definition) is 1. The fourth-order valence-corrected chi connectivity index (χ4v) is 5.60. The number of carbonyl (C=O) groups excluding carboxylic acids is 1. The lowest BCUT2D eigenvalue weighted by Crippen LogP contribution is -2.41. The van der Waals surface area contributed by atoms with E-state index in [1.54, 1.807) is 62.4 Å². The van der Waals surface area contributed by atoms with Gasteiger partial charge in [-0.2, -0.15) is 0 Å². The molecule has 7 nitrogen and oxygen atoms in total. The Kier molecular flexibility index (Phi) is 7.48. The Labute approximate surface area is 201 Å². The Morgan fingerprint density at radius 1 is 0.853 bits per heavy atom. The van der Waals surface area contributed by atoms with Gasteiger partial charge in [0, 0.05) is 6.26 Å². The minimum atomic E-state index is -4.01. The second-order valence-electron chi connectivity index (χ2n) is 8.24. The van der Waals surface area contributed by atoms with Gasteiger partial charge in [0.05, 0.1) is 21.5 Å². The van der Waals surface area contributed by atoms with E-state index in [0.717, 1.165) is 21.7 Å². The topological polar surface area (TPSA) is 101 Å². The van der Waals surface area contributed by atoms with Gasteiger partial charge >= 0.3 is 0 Å². The van der Waals surface area contributed by atoms with Crippen molar-refractivity contribution in [3.63, 3.8) is 0 Å². The summed E-state index contributed by atoms with van der Waals surface area (Å²) < 4.78 is 51.5. The normalized spacial score (nSPS) is 12.7. The molecule has 3 aromatic carbocycles. The molecular weight excluding hydrogens is 472 g/mol. The van der Waals surface area contributed by atoms with Crippen molar-refractivity contribution in [2.75, 3.05) is 17.1 Å². The summed E-state index contributed by atoms with van der Waals surface area (Å²) in [6.07, 6.45) is 1.13. The molecule has 0 aliphatic rings. The smallest absolute Gasteiger partial charge is 0.264 e. The molecule has 0 heterocycles. The van der Waals surface area contributed by atoms with Crippen molar-refractivity contribution in [1.29, 1.82) is 0 Å². The molecule has 1 amide bonds. The van der Waals surface area contributed by atoms with E-state index >= 15 is 0 Å². The van der Waals surface area contributed by atoms with Gasteiger partial charge in [-0.25, -0.2) is 16.8 Å². The molecule has 0 fully saturated rings. The van der Waals surface area contributed by atoms with Crippen molar-refractivity contribution < 1.29 is 21.6 Å². The number of nitrogens with zero attached hydrogens (tertiary/aromatic N) is 1. The number of sulfone groups is 1. The molecule has 0 radical (unpaired) electrons. The van der Waals surface area contributed by atoms with Gasteiger partial charge < -0.3 is 5.32 Å². The van der Waals surface area contributed by atoms with E-state index in [2.05, 4.69) is 5.32 Å². The molecule has 0 aliphatic carbocycles. The van der Waals surface area contributed by atoms with E-state index < -0.39 is 38.4 Å². The lowest BCUT2D eigenvalue weighted by molar-refractivity contribution is -0.120. The van der Waals surface area contributed by atoms with Crippen LogP contribution in [0.5, 0.6) is 0 Å². The fourth-order valence-electron chi connectivity index (χ4n) is 3.48. The molecular formula is C25H28N2O5S2. The molecule has 1 atom stereocenters. The molecule has 1 N–H and O–H groups in total. The predicted octanol–water partition coefficient (Wildman–Crippen LogP) is 3.78. The van der Waals surface area contributed by atoms with Crippen molar-refractivity contribution in [2.45, 2.75) is 36.6 Å². The Bertz CT molecular complexity index is 1380. The van der Waals surface area contributed by atoms with Gasteiger partial charge in [0.2, 0.25) is 5.91 Å². The second-order valence-corrected chi connectivity index (χ2v) is 12.1. The molecule has 0 unspecified atom stereocenters. The van der Waals surface area contributed by atoms with Crippen LogP contribution in [0.3, 0.4) is 0 Å². The van der Waals surface area contributed by atoms with Gasteiger partial charge in [0.25, 0.3) is 10.0 Å². The quantitative estimate of drug-likeness (QED) is 0.507. The summed E-state index contributed by atoms with van der Waals surface area (Å²) in [5.41, 5.74) is 2.76. The van der Waals surface area contributed by atoms with Crippen molar-refractivity contribution in [2.24, 2.45) is 0 Å². The maximum absolute atomic E-state index is 13.5. The monoisotopic (exact) mass is 500 g/mol. The van der Waals surface area contributed by atoms with Crippen LogP contribution in [0.2, 0.25) is 0 Å². The molecule has 0 aliphatic heterocycles. The summed E-state index contributed by atoms with van der Waals surface area (Å²) in [4.78, 5) is 13.2. The molecule has 0 bridgehead atoms. The number of benzene rings is 3. The Morgan fingerprint density at radius 2 is 1.41 bits per heavy atom. The van der Waals surface area contributed by atoms with Crippen LogP contribution in [0, 0.1) is 13.8 Å². The minimum Gasteiger partial charge on any atom is -0.348 e. The number of rotatable bonds is 8. The number of carbonyl (C=O) groups is 1. The van der Waals surface area contributed by atoms with Gasteiger partial charge in [0.15, 0.2) is 9.84 Å². The standard InChI is InChI=1S/C25H28N2O5S2/c1-18-9-13-23(14-10-18)34(31,32)27(24-8-6-5-7-19(24)2)17-25(28)26-20(3)21-11-15-22(16-12-21)33(4,29)30/h5-16,20H,17H2,1-4H3,(H,26,28)/t20-/m1/s1. The van der Waals surface area contributed by atoms with Crippen LogP contribution < -0.4 is 9.62 Å². The molecule has 34 heavy (non-hydrogen) atoms. The molecule has 0 aromatic heterocycles. The minimum absolute atomic E-state index is 0.0959. The number of hydrogen-bond acceptors (Lipinski definition) is 5. The van der Waals surface area contributed by atoms with E-state index in [0.29, 0.717) is 11.3 Å². The zero-order chi connectivity index (χ0) is 25.1. The lowest BCUT2D eigenvalue weighted by Gasteiger charge is -2.26. The van der Waals surface area contributed by atoms with Crippen LogP contribution in [-0.2, 0) is 24.7 Å². The Balaban J connectivity index is 1.87. The zero-order valence-corrected chi connectivity index (χ0v) is 21.2. The van der Waals surface area contributed by atoms with Crippen LogP contribution in [0.4, 0.5) is 5.69 Å². The predicted molar refractivity (Wildman–Crippen MR) is 133 cm³/mol. The number of amides is 1. The van der Waals surface area contributed by atoms with E-state index in [1.807, 2.05) is 6.92 Å². The summed E-state index contributed by atoms with van der Waals surface area (Å²) >= 11 is 0. The zero-order valence-electron chi connectivity index (χ0n) is 19.5. The number of sulfonamides is 1. The van der Waals surface area contributed by atoms with Gasteiger partial charge in [-0.05, 0) is 62.2 Å². The van der Waals surface area contributed by atoms with Crippen molar-refractivity contribution in [3.8, 4) is 0 Å².